The highest BCUT2D eigenvalue weighted by Crippen LogP contribution is 2.29. The van der Waals surface area contributed by atoms with Crippen molar-refractivity contribution in [2.75, 3.05) is 13.1 Å². The standard InChI is InChI=1S/C34H48ClN3O2/c1-25-22-32(35)36-27(3)34(25)31(39)17-11-12-26(2)37-20-18-30(19-21-37)38(24-29-15-9-6-10-16-29)33(40)23-28-13-7-4-5-8-14-28/h6,9-10,15-16,22,26,28,30H,4-5,7-8,11-14,17-21,23-24H2,1-3H3. The van der Waals surface area contributed by atoms with E-state index < -0.39 is 0 Å². The Morgan fingerprint density at radius 1 is 1.02 bits per heavy atom. The molecular weight excluding hydrogens is 518 g/mol. The summed E-state index contributed by atoms with van der Waals surface area (Å²) in [4.78, 5) is 35.7. The largest absolute Gasteiger partial charge is 0.335 e. The third-order valence-corrected chi connectivity index (χ3v) is 9.38. The Bertz CT molecular complexity index is 1080. The molecule has 1 atom stereocenters. The van der Waals surface area contributed by atoms with Crippen molar-refractivity contribution in [1.29, 1.82) is 0 Å². The van der Waals surface area contributed by atoms with Crippen LogP contribution in [-0.4, -0.2) is 51.6 Å². The molecule has 218 valence electrons. The van der Waals surface area contributed by atoms with Crippen molar-refractivity contribution < 1.29 is 9.59 Å². The lowest BCUT2D eigenvalue weighted by Crippen LogP contribution is -2.49. The minimum atomic E-state index is 0.161. The number of likely N-dealkylation sites (tertiary alicyclic amines) is 1. The number of halogens is 1. The van der Waals surface area contributed by atoms with Gasteiger partial charge in [0, 0.05) is 50.1 Å². The number of benzene rings is 1. The number of carbonyl (C=O) groups excluding carboxylic acids is 2. The maximum absolute atomic E-state index is 13.7. The molecule has 2 aliphatic rings. The quantitative estimate of drug-likeness (QED) is 0.158. The first-order valence-electron chi connectivity index (χ1n) is 15.6. The fourth-order valence-electron chi connectivity index (χ4n) is 6.84. The second-order valence-corrected chi connectivity index (χ2v) is 12.6. The highest BCUT2D eigenvalue weighted by molar-refractivity contribution is 6.29. The number of aromatic nitrogens is 1. The van der Waals surface area contributed by atoms with Crippen LogP contribution in [0.2, 0.25) is 5.15 Å². The maximum atomic E-state index is 13.7. The molecule has 1 aliphatic carbocycles. The minimum Gasteiger partial charge on any atom is -0.335 e. The first-order valence-corrected chi connectivity index (χ1v) is 15.9. The van der Waals surface area contributed by atoms with Crippen LogP contribution in [-0.2, 0) is 11.3 Å². The van der Waals surface area contributed by atoms with E-state index in [9.17, 15) is 9.59 Å². The number of amides is 1. The average molecular weight is 566 g/mol. The minimum absolute atomic E-state index is 0.161. The number of Topliss-reactive ketones (excluding diaryl/α,β-unsaturated/α-hetero) is 1. The van der Waals surface area contributed by atoms with Crippen molar-refractivity contribution >= 4 is 23.3 Å². The summed E-state index contributed by atoms with van der Waals surface area (Å²) in [5.41, 5.74) is 3.58. The number of hydrogen-bond acceptors (Lipinski definition) is 4. The van der Waals surface area contributed by atoms with Gasteiger partial charge in [0.15, 0.2) is 5.78 Å². The first-order chi connectivity index (χ1) is 19.3. The predicted octanol–water partition coefficient (Wildman–Crippen LogP) is 7.95. The Morgan fingerprint density at radius 2 is 1.70 bits per heavy atom. The second-order valence-electron chi connectivity index (χ2n) is 12.2. The first kappa shape index (κ1) is 30.7. The zero-order valence-electron chi connectivity index (χ0n) is 24.8. The van der Waals surface area contributed by atoms with Gasteiger partial charge >= 0.3 is 0 Å². The average Bonchev–Trinajstić information content (AvgIpc) is 3.20. The normalized spacial score (nSPS) is 18.3. The van der Waals surface area contributed by atoms with Gasteiger partial charge in [0.1, 0.15) is 5.15 Å². The van der Waals surface area contributed by atoms with Crippen LogP contribution in [0, 0.1) is 19.8 Å². The molecule has 1 unspecified atom stereocenters. The summed E-state index contributed by atoms with van der Waals surface area (Å²) in [5, 5.41) is 0.442. The van der Waals surface area contributed by atoms with Crippen LogP contribution in [0.4, 0.5) is 0 Å². The van der Waals surface area contributed by atoms with Crippen molar-refractivity contribution in [2.24, 2.45) is 5.92 Å². The zero-order chi connectivity index (χ0) is 28.5. The van der Waals surface area contributed by atoms with Crippen molar-refractivity contribution in [3.05, 3.63) is 63.9 Å². The Labute approximate surface area is 246 Å². The van der Waals surface area contributed by atoms with Gasteiger partial charge in [-0.3, -0.25) is 9.59 Å². The van der Waals surface area contributed by atoms with E-state index in [1.807, 2.05) is 19.9 Å². The molecule has 0 bridgehead atoms. The molecule has 2 aromatic rings. The number of nitrogens with zero attached hydrogens (tertiary/aromatic N) is 3. The molecular formula is C34H48ClN3O2. The third kappa shape index (κ3) is 8.63. The molecule has 2 fully saturated rings. The molecule has 4 rings (SSSR count). The van der Waals surface area contributed by atoms with E-state index in [0.717, 1.165) is 55.6 Å². The third-order valence-electron chi connectivity index (χ3n) is 9.19. The number of pyridine rings is 1. The fourth-order valence-corrected chi connectivity index (χ4v) is 7.13. The van der Waals surface area contributed by atoms with E-state index >= 15 is 0 Å². The molecule has 2 heterocycles. The van der Waals surface area contributed by atoms with Gasteiger partial charge < -0.3 is 9.80 Å². The lowest BCUT2D eigenvalue weighted by atomic mass is 9.94. The molecule has 0 N–H and O–H groups in total. The molecule has 0 spiro atoms. The van der Waals surface area contributed by atoms with Crippen molar-refractivity contribution in [1.82, 2.24) is 14.8 Å². The van der Waals surface area contributed by atoms with Gasteiger partial charge in [0.2, 0.25) is 5.91 Å². The van der Waals surface area contributed by atoms with Crippen LogP contribution < -0.4 is 0 Å². The van der Waals surface area contributed by atoms with Crippen LogP contribution in [0.25, 0.3) is 0 Å². The molecule has 40 heavy (non-hydrogen) atoms. The predicted molar refractivity (Wildman–Crippen MR) is 164 cm³/mol. The molecule has 1 aliphatic heterocycles. The smallest absolute Gasteiger partial charge is 0.223 e. The summed E-state index contributed by atoms with van der Waals surface area (Å²) in [6.45, 7) is 8.80. The Hall–Kier alpha value is -2.24. The second kappa shape index (κ2) is 15.1. The van der Waals surface area contributed by atoms with E-state index in [1.54, 1.807) is 6.07 Å². The molecule has 1 saturated carbocycles. The number of ketones is 1. The van der Waals surface area contributed by atoms with E-state index in [2.05, 4.69) is 46.0 Å². The number of aryl methyl sites for hydroxylation is 2. The molecule has 0 radical (unpaired) electrons. The lowest BCUT2D eigenvalue weighted by Gasteiger charge is -2.41. The van der Waals surface area contributed by atoms with Gasteiger partial charge in [-0.15, -0.1) is 0 Å². The summed E-state index contributed by atoms with van der Waals surface area (Å²) in [7, 11) is 0. The monoisotopic (exact) mass is 565 g/mol. The summed E-state index contributed by atoms with van der Waals surface area (Å²) in [6, 6.07) is 13.0. The Balaban J connectivity index is 1.29. The molecule has 1 saturated heterocycles. The van der Waals surface area contributed by atoms with Crippen LogP contribution in [0.3, 0.4) is 0 Å². The van der Waals surface area contributed by atoms with Gasteiger partial charge in [-0.2, -0.15) is 0 Å². The number of hydrogen-bond donors (Lipinski definition) is 0. The van der Waals surface area contributed by atoms with E-state index in [0.29, 0.717) is 48.4 Å². The highest BCUT2D eigenvalue weighted by Gasteiger charge is 2.31. The van der Waals surface area contributed by atoms with Crippen LogP contribution >= 0.6 is 11.6 Å². The fraction of sp³-hybridized carbons (Fsp3) is 0.618. The van der Waals surface area contributed by atoms with Gasteiger partial charge in [-0.1, -0.05) is 67.6 Å². The molecule has 1 aromatic carbocycles. The Kier molecular flexibility index (Phi) is 11.6. The van der Waals surface area contributed by atoms with E-state index in [1.165, 1.54) is 44.1 Å². The van der Waals surface area contributed by atoms with Gasteiger partial charge in [0.25, 0.3) is 0 Å². The van der Waals surface area contributed by atoms with Crippen LogP contribution in [0.1, 0.15) is 111 Å². The SMILES string of the molecule is Cc1cc(Cl)nc(C)c1C(=O)CCCC(C)N1CCC(N(Cc2ccccc2)C(=O)CC2CCCCCC2)CC1. The topological polar surface area (TPSA) is 53.5 Å². The van der Waals surface area contributed by atoms with Crippen molar-refractivity contribution in [2.45, 2.75) is 116 Å². The zero-order valence-corrected chi connectivity index (χ0v) is 25.6. The number of carbonyl (C=O) groups is 2. The van der Waals surface area contributed by atoms with Crippen LogP contribution in [0.15, 0.2) is 36.4 Å². The summed E-state index contributed by atoms with van der Waals surface area (Å²) in [5.74, 6) is 1.06. The molecule has 5 nitrogen and oxygen atoms in total. The molecule has 1 amide bonds. The number of piperidine rings is 1. The van der Waals surface area contributed by atoms with Crippen LogP contribution in [0.5, 0.6) is 0 Å². The van der Waals surface area contributed by atoms with Crippen molar-refractivity contribution in [3.63, 3.8) is 0 Å². The van der Waals surface area contributed by atoms with Gasteiger partial charge in [0.05, 0.1) is 5.69 Å². The summed E-state index contributed by atoms with van der Waals surface area (Å²) < 4.78 is 0. The molecule has 1 aromatic heterocycles. The summed E-state index contributed by atoms with van der Waals surface area (Å²) >= 11 is 6.05. The van der Waals surface area contributed by atoms with E-state index in [4.69, 9.17) is 11.6 Å². The highest BCUT2D eigenvalue weighted by atomic mass is 35.5. The lowest BCUT2D eigenvalue weighted by molar-refractivity contribution is -0.136. The summed E-state index contributed by atoms with van der Waals surface area (Å²) in [6.07, 6.45) is 12.7. The van der Waals surface area contributed by atoms with Gasteiger partial charge in [-0.05, 0) is 82.4 Å². The van der Waals surface area contributed by atoms with Crippen molar-refractivity contribution in [3.8, 4) is 0 Å². The molecule has 6 heteroatoms. The number of rotatable bonds is 11. The van der Waals surface area contributed by atoms with E-state index in [-0.39, 0.29) is 5.78 Å². The Morgan fingerprint density at radius 3 is 2.35 bits per heavy atom. The van der Waals surface area contributed by atoms with Gasteiger partial charge in [-0.25, -0.2) is 4.98 Å². The maximum Gasteiger partial charge on any atom is 0.223 e.